The van der Waals surface area contributed by atoms with Gasteiger partial charge in [-0.05, 0) is 54.4 Å². The van der Waals surface area contributed by atoms with Crippen molar-refractivity contribution in [3.63, 3.8) is 0 Å². The van der Waals surface area contributed by atoms with E-state index in [0.717, 1.165) is 25.4 Å². The minimum atomic E-state index is -0.141. The number of carbonyl (C=O) groups is 1. The molecule has 26 heavy (non-hydrogen) atoms. The van der Waals surface area contributed by atoms with E-state index in [1.807, 2.05) is 45.0 Å². The lowest BCUT2D eigenvalue weighted by Gasteiger charge is -2.10. The molecule has 1 aromatic carbocycles. The summed E-state index contributed by atoms with van der Waals surface area (Å²) in [5.74, 6) is 0.0419. The van der Waals surface area contributed by atoms with Crippen LogP contribution in [-0.4, -0.2) is 21.2 Å². The van der Waals surface area contributed by atoms with Crippen LogP contribution in [0.5, 0.6) is 0 Å². The van der Waals surface area contributed by atoms with Crippen molar-refractivity contribution >= 4 is 60.8 Å². The van der Waals surface area contributed by atoms with Gasteiger partial charge in [0.15, 0.2) is 5.16 Å². The van der Waals surface area contributed by atoms with Crippen LogP contribution in [0, 0.1) is 13.8 Å². The fourth-order valence-corrected chi connectivity index (χ4v) is 4.89. The first kappa shape index (κ1) is 19.1. The highest BCUT2D eigenvalue weighted by molar-refractivity contribution is 9.10. The molecule has 0 saturated heterocycles. The molecule has 0 aliphatic rings. The van der Waals surface area contributed by atoms with E-state index in [1.165, 1.54) is 23.1 Å². The number of thiophene rings is 1. The Labute approximate surface area is 168 Å². The molecule has 136 valence electrons. The van der Waals surface area contributed by atoms with Gasteiger partial charge in [-0.3, -0.25) is 14.2 Å². The fourth-order valence-electron chi connectivity index (χ4n) is 2.58. The molecule has 2 heterocycles. The van der Waals surface area contributed by atoms with Crippen LogP contribution in [0.2, 0.25) is 0 Å². The standard InChI is InChI=1S/C18H18BrN3O2S2/c1-4-22-17(24)15-10(2)11(3)26-16(15)21-18(22)25-9-14(23)20-13-8-6-5-7-12(13)19/h5-8H,4,9H2,1-3H3,(H,20,23). The van der Waals surface area contributed by atoms with Crippen LogP contribution in [0.1, 0.15) is 17.4 Å². The molecule has 0 unspecified atom stereocenters. The van der Waals surface area contributed by atoms with E-state index in [2.05, 4.69) is 26.2 Å². The van der Waals surface area contributed by atoms with Crippen LogP contribution in [0.25, 0.3) is 10.2 Å². The minimum absolute atomic E-state index is 0.0342. The van der Waals surface area contributed by atoms with Crippen molar-refractivity contribution in [3.05, 3.63) is 49.5 Å². The Kier molecular flexibility index (Phi) is 5.84. The summed E-state index contributed by atoms with van der Waals surface area (Å²) in [6, 6.07) is 7.45. The number of aryl methyl sites for hydroxylation is 2. The van der Waals surface area contributed by atoms with Gasteiger partial charge in [0.2, 0.25) is 5.91 Å². The molecule has 2 aromatic heterocycles. The Balaban J connectivity index is 1.83. The highest BCUT2D eigenvalue weighted by atomic mass is 79.9. The zero-order valence-corrected chi connectivity index (χ0v) is 17.8. The number of thioether (sulfide) groups is 1. The van der Waals surface area contributed by atoms with E-state index in [9.17, 15) is 9.59 Å². The van der Waals surface area contributed by atoms with Gasteiger partial charge in [0.05, 0.1) is 16.8 Å². The smallest absolute Gasteiger partial charge is 0.263 e. The number of anilines is 1. The molecule has 0 saturated carbocycles. The molecule has 0 aliphatic carbocycles. The van der Waals surface area contributed by atoms with Gasteiger partial charge < -0.3 is 5.32 Å². The Morgan fingerprint density at radius 2 is 2.08 bits per heavy atom. The first-order valence-electron chi connectivity index (χ1n) is 8.10. The number of halogens is 1. The molecule has 1 amide bonds. The summed E-state index contributed by atoms with van der Waals surface area (Å²) < 4.78 is 2.46. The zero-order valence-electron chi connectivity index (χ0n) is 14.6. The molecule has 0 spiro atoms. The number of rotatable bonds is 5. The fraction of sp³-hybridized carbons (Fsp3) is 0.278. The average molecular weight is 452 g/mol. The van der Waals surface area contributed by atoms with Gasteiger partial charge in [-0.15, -0.1) is 11.3 Å². The topological polar surface area (TPSA) is 64.0 Å². The number of fused-ring (bicyclic) bond motifs is 1. The number of nitrogens with one attached hydrogen (secondary N) is 1. The maximum atomic E-state index is 12.8. The monoisotopic (exact) mass is 451 g/mol. The van der Waals surface area contributed by atoms with Crippen molar-refractivity contribution in [1.29, 1.82) is 0 Å². The predicted molar refractivity (Wildman–Crippen MR) is 113 cm³/mol. The quantitative estimate of drug-likeness (QED) is 0.455. The summed E-state index contributed by atoms with van der Waals surface area (Å²) >= 11 is 6.21. The molecular weight excluding hydrogens is 434 g/mol. The second-order valence-electron chi connectivity index (χ2n) is 5.72. The normalized spacial score (nSPS) is 11.1. The molecule has 8 heteroatoms. The van der Waals surface area contributed by atoms with E-state index in [0.29, 0.717) is 17.1 Å². The number of hydrogen-bond donors (Lipinski definition) is 1. The molecule has 0 fully saturated rings. The molecule has 0 bridgehead atoms. The first-order valence-corrected chi connectivity index (χ1v) is 10.7. The van der Waals surface area contributed by atoms with Gasteiger partial charge in [-0.25, -0.2) is 4.98 Å². The van der Waals surface area contributed by atoms with Crippen LogP contribution in [0.15, 0.2) is 38.7 Å². The van der Waals surface area contributed by atoms with Crippen LogP contribution in [-0.2, 0) is 11.3 Å². The van der Waals surface area contributed by atoms with Crippen LogP contribution < -0.4 is 10.9 Å². The predicted octanol–water partition coefficient (Wildman–Crippen LogP) is 4.59. The van der Waals surface area contributed by atoms with Crippen LogP contribution >= 0.6 is 39.0 Å². The lowest BCUT2D eigenvalue weighted by Crippen LogP contribution is -2.23. The Morgan fingerprint density at radius 1 is 1.35 bits per heavy atom. The van der Waals surface area contributed by atoms with Crippen molar-refractivity contribution in [2.75, 3.05) is 11.1 Å². The van der Waals surface area contributed by atoms with Gasteiger partial charge in [-0.1, -0.05) is 23.9 Å². The lowest BCUT2D eigenvalue weighted by atomic mass is 10.2. The largest absolute Gasteiger partial charge is 0.324 e. The summed E-state index contributed by atoms with van der Waals surface area (Å²) in [5, 5.41) is 4.13. The number of nitrogens with zero attached hydrogens (tertiary/aromatic N) is 2. The highest BCUT2D eigenvalue weighted by Gasteiger charge is 2.17. The van der Waals surface area contributed by atoms with E-state index < -0.39 is 0 Å². The third-order valence-corrected chi connectivity index (χ3v) is 6.82. The van der Waals surface area contributed by atoms with E-state index >= 15 is 0 Å². The third-order valence-electron chi connectivity index (χ3n) is 4.05. The molecular formula is C18H18BrN3O2S2. The Morgan fingerprint density at radius 3 is 2.77 bits per heavy atom. The Hall–Kier alpha value is -1.64. The second kappa shape index (κ2) is 7.94. The van der Waals surface area contributed by atoms with Crippen molar-refractivity contribution in [3.8, 4) is 0 Å². The van der Waals surface area contributed by atoms with Crippen molar-refractivity contribution in [2.45, 2.75) is 32.5 Å². The van der Waals surface area contributed by atoms with E-state index in [1.54, 1.807) is 4.57 Å². The van der Waals surface area contributed by atoms with Gasteiger partial charge >= 0.3 is 0 Å². The number of carbonyl (C=O) groups excluding carboxylic acids is 1. The van der Waals surface area contributed by atoms with Gasteiger partial charge in [0, 0.05) is 15.9 Å². The maximum Gasteiger partial charge on any atom is 0.263 e. The van der Waals surface area contributed by atoms with Crippen molar-refractivity contribution in [2.24, 2.45) is 0 Å². The summed E-state index contributed by atoms with van der Waals surface area (Å²) in [5.41, 5.74) is 1.68. The number of amides is 1. The van der Waals surface area contributed by atoms with Crippen molar-refractivity contribution < 1.29 is 4.79 Å². The summed E-state index contributed by atoms with van der Waals surface area (Å²) in [4.78, 5) is 31.6. The molecule has 0 radical (unpaired) electrons. The maximum absolute atomic E-state index is 12.8. The number of aromatic nitrogens is 2. The van der Waals surface area contributed by atoms with Gasteiger partial charge in [0.1, 0.15) is 4.83 Å². The zero-order chi connectivity index (χ0) is 18.8. The molecule has 1 N–H and O–H groups in total. The van der Waals surface area contributed by atoms with Crippen molar-refractivity contribution in [1.82, 2.24) is 9.55 Å². The van der Waals surface area contributed by atoms with Crippen LogP contribution in [0.4, 0.5) is 5.69 Å². The summed E-state index contributed by atoms with van der Waals surface area (Å²) in [6.07, 6.45) is 0. The van der Waals surface area contributed by atoms with Crippen LogP contribution in [0.3, 0.4) is 0 Å². The Bertz CT molecular complexity index is 1040. The van der Waals surface area contributed by atoms with Gasteiger partial charge in [0.25, 0.3) is 5.56 Å². The molecule has 0 atom stereocenters. The second-order valence-corrected chi connectivity index (χ2v) is 8.72. The number of benzene rings is 1. The molecule has 0 aliphatic heterocycles. The minimum Gasteiger partial charge on any atom is -0.324 e. The van der Waals surface area contributed by atoms with E-state index in [-0.39, 0.29) is 17.2 Å². The number of hydrogen-bond acceptors (Lipinski definition) is 5. The third kappa shape index (κ3) is 3.72. The SMILES string of the molecule is CCn1c(SCC(=O)Nc2ccccc2Br)nc2sc(C)c(C)c2c1=O. The molecule has 5 nitrogen and oxygen atoms in total. The first-order chi connectivity index (χ1) is 12.4. The molecule has 3 aromatic rings. The lowest BCUT2D eigenvalue weighted by molar-refractivity contribution is -0.113. The molecule has 3 rings (SSSR count). The summed E-state index contributed by atoms with van der Waals surface area (Å²) in [7, 11) is 0. The van der Waals surface area contributed by atoms with E-state index in [4.69, 9.17) is 0 Å². The van der Waals surface area contributed by atoms with Gasteiger partial charge in [-0.2, -0.15) is 0 Å². The average Bonchev–Trinajstić information content (AvgIpc) is 2.89. The highest BCUT2D eigenvalue weighted by Crippen LogP contribution is 2.28. The summed E-state index contributed by atoms with van der Waals surface area (Å²) in [6.45, 7) is 6.38. The number of para-hydroxylation sites is 1.